The van der Waals surface area contributed by atoms with Crippen LogP contribution in [-0.2, 0) is 4.74 Å². The smallest absolute Gasteiger partial charge is 0.358 e. The van der Waals surface area contributed by atoms with Crippen LogP contribution in [0.4, 0.5) is 0 Å². The summed E-state index contributed by atoms with van der Waals surface area (Å²) >= 11 is 1.39. The second-order valence-electron chi connectivity index (χ2n) is 3.45. The zero-order valence-corrected chi connectivity index (χ0v) is 11.0. The fourth-order valence-electron chi connectivity index (χ4n) is 1.61. The quantitative estimate of drug-likeness (QED) is 0.796. The monoisotopic (exact) mass is 263 g/mol. The van der Waals surface area contributed by atoms with E-state index in [-0.39, 0.29) is 0 Å². The molecule has 18 heavy (non-hydrogen) atoms. The minimum Gasteiger partial charge on any atom is -0.496 e. The van der Waals surface area contributed by atoms with Crippen molar-refractivity contribution in [3.63, 3.8) is 0 Å². The fraction of sp³-hybridized carbons (Fsp3) is 0.231. The lowest BCUT2D eigenvalue weighted by Gasteiger charge is -2.07. The van der Waals surface area contributed by atoms with Gasteiger partial charge in [-0.15, -0.1) is 11.3 Å². The highest BCUT2D eigenvalue weighted by molar-refractivity contribution is 7.13. The summed E-state index contributed by atoms with van der Waals surface area (Å²) in [5, 5.41) is 0. The molecule has 0 aliphatic heterocycles. The number of hydrogen-bond donors (Lipinski definition) is 0. The van der Waals surface area contributed by atoms with E-state index in [0.29, 0.717) is 18.1 Å². The van der Waals surface area contributed by atoms with Gasteiger partial charge in [0.05, 0.1) is 24.1 Å². The first-order chi connectivity index (χ1) is 8.77. The fourth-order valence-corrected chi connectivity index (χ4v) is 2.42. The first-order valence-electron chi connectivity index (χ1n) is 5.52. The van der Waals surface area contributed by atoms with Crippen molar-refractivity contribution in [3.8, 4) is 16.2 Å². The lowest BCUT2D eigenvalue weighted by atomic mass is 10.1. The van der Waals surface area contributed by atoms with E-state index in [9.17, 15) is 4.79 Å². The number of esters is 1. The van der Waals surface area contributed by atoms with Crippen molar-refractivity contribution < 1.29 is 14.3 Å². The van der Waals surface area contributed by atoms with Crippen molar-refractivity contribution in [1.82, 2.24) is 4.98 Å². The first-order valence-corrected chi connectivity index (χ1v) is 6.40. The Kier molecular flexibility index (Phi) is 3.94. The lowest BCUT2D eigenvalue weighted by molar-refractivity contribution is 0.0521. The van der Waals surface area contributed by atoms with Crippen molar-refractivity contribution in [2.75, 3.05) is 13.7 Å². The van der Waals surface area contributed by atoms with Crippen molar-refractivity contribution in [2.24, 2.45) is 0 Å². The Labute approximate surface area is 109 Å². The van der Waals surface area contributed by atoms with Gasteiger partial charge in [-0.1, -0.05) is 12.1 Å². The Morgan fingerprint density at radius 1 is 1.39 bits per heavy atom. The molecule has 1 aromatic heterocycles. The van der Waals surface area contributed by atoms with Crippen molar-refractivity contribution in [1.29, 1.82) is 0 Å². The third kappa shape index (κ3) is 2.36. The number of carbonyl (C=O) groups is 1. The molecule has 0 aliphatic rings. The van der Waals surface area contributed by atoms with E-state index in [4.69, 9.17) is 9.47 Å². The second-order valence-corrected chi connectivity index (χ2v) is 4.31. The minimum atomic E-state index is -0.403. The largest absolute Gasteiger partial charge is 0.496 e. The summed E-state index contributed by atoms with van der Waals surface area (Å²) < 4.78 is 10.3. The van der Waals surface area contributed by atoms with Gasteiger partial charge in [0.2, 0.25) is 0 Å². The van der Waals surface area contributed by atoms with Crippen LogP contribution in [0.15, 0.2) is 29.8 Å². The van der Waals surface area contributed by atoms with Gasteiger partial charge in [0.15, 0.2) is 5.69 Å². The maximum atomic E-state index is 11.8. The highest BCUT2D eigenvalue weighted by Gasteiger charge is 2.19. The lowest BCUT2D eigenvalue weighted by Crippen LogP contribution is -2.06. The summed E-state index contributed by atoms with van der Waals surface area (Å²) in [5.74, 6) is 0.312. The molecule has 2 aromatic rings. The third-order valence-corrected chi connectivity index (χ3v) is 3.25. The molecule has 94 valence electrons. The Bertz CT molecular complexity index is 551. The molecule has 0 fully saturated rings. The summed E-state index contributed by atoms with van der Waals surface area (Å²) in [6, 6.07) is 7.53. The Morgan fingerprint density at radius 3 is 2.89 bits per heavy atom. The predicted octanol–water partition coefficient (Wildman–Crippen LogP) is 3.00. The molecule has 0 bridgehead atoms. The Hall–Kier alpha value is -1.88. The van der Waals surface area contributed by atoms with Crippen LogP contribution < -0.4 is 4.74 Å². The number of rotatable bonds is 4. The average Bonchev–Trinajstić information content (AvgIpc) is 2.88. The first kappa shape index (κ1) is 12.6. The number of ether oxygens (including phenoxy) is 2. The normalized spacial score (nSPS) is 10.1. The van der Waals surface area contributed by atoms with Gasteiger partial charge in [-0.25, -0.2) is 9.78 Å². The maximum absolute atomic E-state index is 11.8. The molecule has 2 rings (SSSR count). The molecule has 0 radical (unpaired) electrons. The highest BCUT2D eigenvalue weighted by atomic mass is 32.1. The van der Waals surface area contributed by atoms with E-state index in [2.05, 4.69) is 4.98 Å². The molecule has 0 spiro atoms. The standard InChI is InChI=1S/C13H13NO3S/c1-3-17-13(15)11-12(18-8-14-11)9-6-4-5-7-10(9)16-2/h4-8H,3H2,1-2H3. The van der Waals surface area contributed by atoms with Gasteiger partial charge >= 0.3 is 5.97 Å². The number of thiazole rings is 1. The summed E-state index contributed by atoms with van der Waals surface area (Å²) in [5.41, 5.74) is 2.82. The van der Waals surface area contributed by atoms with Crippen molar-refractivity contribution in [2.45, 2.75) is 6.92 Å². The number of carbonyl (C=O) groups excluding carboxylic acids is 1. The molecule has 0 saturated heterocycles. The van der Waals surface area contributed by atoms with Gasteiger partial charge in [0.25, 0.3) is 0 Å². The molecule has 0 aliphatic carbocycles. The Morgan fingerprint density at radius 2 is 2.17 bits per heavy atom. The van der Waals surface area contributed by atoms with Crippen LogP contribution in [0.3, 0.4) is 0 Å². The zero-order chi connectivity index (χ0) is 13.0. The molecular weight excluding hydrogens is 250 g/mol. The zero-order valence-electron chi connectivity index (χ0n) is 10.2. The van der Waals surface area contributed by atoms with Crippen LogP contribution in [0, 0.1) is 0 Å². The minimum absolute atomic E-state index is 0.335. The van der Waals surface area contributed by atoms with E-state index >= 15 is 0 Å². The molecule has 0 atom stereocenters. The van der Waals surface area contributed by atoms with E-state index in [1.807, 2.05) is 24.3 Å². The van der Waals surface area contributed by atoms with Gasteiger partial charge < -0.3 is 9.47 Å². The molecule has 4 nitrogen and oxygen atoms in total. The molecule has 0 unspecified atom stereocenters. The summed E-state index contributed by atoms with van der Waals surface area (Å²) in [4.78, 5) is 16.6. The summed E-state index contributed by atoms with van der Waals surface area (Å²) in [6.07, 6.45) is 0. The van der Waals surface area contributed by atoms with Gasteiger partial charge in [-0.2, -0.15) is 0 Å². The summed E-state index contributed by atoms with van der Waals surface area (Å²) in [7, 11) is 1.60. The van der Waals surface area contributed by atoms with Crippen LogP contribution in [0.25, 0.3) is 10.4 Å². The van der Waals surface area contributed by atoms with Crippen LogP contribution >= 0.6 is 11.3 Å². The number of benzene rings is 1. The molecular formula is C13H13NO3S. The number of hydrogen-bond acceptors (Lipinski definition) is 5. The van der Waals surface area contributed by atoms with Gasteiger partial charge in [0, 0.05) is 5.56 Å². The van der Waals surface area contributed by atoms with Crippen LogP contribution in [0.2, 0.25) is 0 Å². The SMILES string of the molecule is CCOC(=O)c1ncsc1-c1ccccc1OC. The van der Waals surface area contributed by atoms with Crippen LogP contribution in [-0.4, -0.2) is 24.7 Å². The van der Waals surface area contributed by atoms with Crippen molar-refractivity contribution >= 4 is 17.3 Å². The highest BCUT2D eigenvalue weighted by Crippen LogP contribution is 2.34. The van der Waals surface area contributed by atoms with E-state index < -0.39 is 5.97 Å². The van der Waals surface area contributed by atoms with Gasteiger partial charge in [-0.05, 0) is 19.1 Å². The molecule has 0 saturated carbocycles. The van der Waals surface area contributed by atoms with Gasteiger partial charge in [0.1, 0.15) is 5.75 Å². The Balaban J connectivity index is 2.45. The topological polar surface area (TPSA) is 48.4 Å². The van der Waals surface area contributed by atoms with Gasteiger partial charge in [-0.3, -0.25) is 0 Å². The molecule has 0 amide bonds. The number of nitrogens with zero attached hydrogens (tertiary/aromatic N) is 1. The molecule has 5 heteroatoms. The maximum Gasteiger partial charge on any atom is 0.358 e. The third-order valence-electron chi connectivity index (χ3n) is 2.39. The number of aromatic nitrogens is 1. The molecule has 1 aromatic carbocycles. The van der Waals surface area contributed by atoms with Crippen LogP contribution in [0.1, 0.15) is 17.4 Å². The molecule has 0 N–H and O–H groups in total. The number of para-hydroxylation sites is 1. The van der Waals surface area contributed by atoms with Crippen LogP contribution in [0.5, 0.6) is 5.75 Å². The van der Waals surface area contributed by atoms with E-state index in [1.165, 1.54) is 11.3 Å². The predicted molar refractivity (Wildman–Crippen MR) is 70.1 cm³/mol. The van der Waals surface area contributed by atoms with E-state index in [1.54, 1.807) is 19.5 Å². The van der Waals surface area contributed by atoms with E-state index in [0.717, 1.165) is 10.4 Å². The number of methoxy groups -OCH3 is 1. The summed E-state index contributed by atoms with van der Waals surface area (Å²) in [6.45, 7) is 2.11. The second kappa shape index (κ2) is 5.64. The average molecular weight is 263 g/mol. The molecule has 1 heterocycles. The van der Waals surface area contributed by atoms with Crippen molar-refractivity contribution in [3.05, 3.63) is 35.5 Å².